The topological polar surface area (TPSA) is 38.7 Å². The molecule has 1 aromatic heterocycles. The van der Waals surface area contributed by atoms with Crippen molar-refractivity contribution >= 4 is 28.7 Å². The first kappa shape index (κ1) is 13.5. The van der Waals surface area contributed by atoms with E-state index in [2.05, 4.69) is 4.99 Å². The minimum Gasteiger partial charge on any atom is -0.461 e. The average Bonchev–Trinajstić information content (AvgIpc) is 2.91. The highest BCUT2D eigenvalue weighted by Gasteiger charge is 2.16. The van der Waals surface area contributed by atoms with Crippen molar-refractivity contribution in [3.05, 3.63) is 52.2 Å². The molecule has 2 aromatic rings. The van der Waals surface area contributed by atoms with Gasteiger partial charge >= 0.3 is 5.97 Å². The molecule has 0 aliphatic heterocycles. The summed E-state index contributed by atoms with van der Waals surface area (Å²) in [6.07, 6.45) is 0. The molecule has 3 nitrogen and oxygen atoms in total. The number of ether oxygens (including phenoxy) is 1. The average molecular weight is 273 g/mol. The molecule has 98 valence electrons. The maximum Gasteiger partial charge on any atom is 0.358 e. The highest BCUT2D eigenvalue weighted by molar-refractivity contribution is 7.13. The maximum atomic E-state index is 12.0. The number of carbonyl (C=O) groups is 1. The zero-order valence-electron chi connectivity index (χ0n) is 10.9. The van der Waals surface area contributed by atoms with E-state index in [1.165, 1.54) is 11.3 Å². The molecule has 4 heteroatoms. The van der Waals surface area contributed by atoms with Crippen LogP contribution in [-0.4, -0.2) is 18.3 Å². The Morgan fingerprint density at radius 3 is 2.68 bits per heavy atom. The predicted octanol–water partition coefficient (Wildman–Crippen LogP) is 3.74. The van der Waals surface area contributed by atoms with Crippen LogP contribution in [-0.2, 0) is 9.53 Å². The molecule has 0 aliphatic rings. The molecule has 0 fully saturated rings. The molecule has 0 saturated heterocycles. The molecule has 0 N–H and O–H groups in total. The Bertz CT molecular complexity index is 588. The van der Waals surface area contributed by atoms with Gasteiger partial charge in [-0.2, -0.15) is 0 Å². The lowest BCUT2D eigenvalue weighted by Crippen LogP contribution is -2.17. The largest absolute Gasteiger partial charge is 0.461 e. The van der Waals surface area contributed by atoms with Crippen LogP contribution in [0.15, 0.2) is 46.8 Å². The standard InChI is InChI=1S/C15H15NO2S/c1-3-18-15(17)14(13-9-6-10-19-13)16-12-8-5-4-7-11(12)2/h4-10H,3H2,1-2H3. The second kappa shape index (κ2) is 6.29. The molecule has 0 radical (unpaired) electrons. The normalized spacial score (nSPS) is 11.4. The summed E-state index contributed by atoms with van der Waals surface area (Å²) in [5.41, 5.74) is 2.19. The summed E-state index contributed by atoms with van der Waals surface area (Å²) < 4.78 is 5.08. The van der Waals surface area contributed by atoms with E-state index in [1.54, 1.807) is 6.92 Å². The molecular formula is C15H15NO2S. The van der Waals surface area contributed by atoms with Crippen molar-refractivity contribution in [2.75, 3.05) is 6.61 Å². The van der Waals surface area contributed by atoms with Crippen LogP contribution < -0.4 is 0 Å². The van der Waals surface area contributed by atoms with E-state index in [0.29, 0.717) is 12.3 Å². The van der Waals surface area contributed by atoms with Gasteiger partial charge in [0.05, 0.1) is 17.2 Å². The predicted molar refractivity (Wildman–Crippen MR) is 78.3 cm³/mol. The van der Waals surface area contributed by atoms with E-state index in [9.17, 15) is 4.79 Å². The Morgan fingerprint density at radius 2 is 2.05 bits per heavy atom. The summed E-state index contributed by atoms with van der Waals surface area (Å²) in [4.78, 5) is 17.3. The SMILES string of the molecule is CCOC(=O)C(=Nc1ccccc1C)c1cccs1. The second-order valence-electron chi connectivity index (χ2n) is 3.94. The van der Waals surface area contributed by atoms with Crippen LogP contribution in [0.2, 0.25) is 0 Å². The molecule has 0 aliphatic carbocycles. The van der Waals surface area contributed by atoms with Crippen LogP contribution >= 0.6 is 11.3 Å². The molecule has 0 atom stereocenters. The number of hydrogen-bond acceptors (Lipinski definition) is 4. The fourth-order valence-electron chi connectivity index (χ4n) is 1.62. The number of thiophene rings is 1. The number of para-hydroxylation sites is 1. The van der Waals surface area contributed by atoms with Gasteiger partial charge in [0, 0.05) is 0 Å². The van der Waals surface area contributed by atoms with Crippen molar-refractivity contribution in [1.82, 2.24) is 0 Å². The van der Waals surface area contributed by atoms with Gasteiger partial charge in [-0.1, -0.05) is 24.3 Å². The lowest BCUT2D eigenvalue weighted by molar-refractivity contribution is -0.134. The van der Waals surface area contributed by atoms with Crippen LogP contribution in [0.3, 0.4) is 0 Å². The molecule has 2 rings (SSSR count). The number of rotatable bonds is 4. The zero-order valence-corrected chi connectivity index (χ0v) is 11.7. The first-order valence-corrected chi connectivity index (χ1v) is 6.95. The lowest BCUT2D eigenvalue weighted by Gasteiger charge is -2.05. The van der Waals surface area contributed by atoms with Crippen LogP contribution in [0.25, 0.3) is 0 Å². The van der Waals surface area contributed by atoms with Gasteiger partial charge < -0.3 is 4.74 Å². The molecular weight excluding hydrogens is 258 g/mol. The number of aryl methyl sites for hydroxylation is 1. The highest BCUT2D eigenvalue weighted by atomic mass is 32.1. The van der Waals surface area contributed by atoms with Gasteiger partial charge in [0.15, 0.2) is 5.71 Å². The zero-order chi connectivity index (χ0) is 13.7. The van der Waals surface area contributed by atoms with Gasteiger partial charge in [-0.05, 0) is 36.9 Å². The Kier molecular flexibility index (Phi) is 4.47. The van der Waals surface area contributed by atoms with E-state index < -0.39 is 0 Å². The van der Waals surface area contributed by atoms with Crippen LogP contribution in [0.4, 0.5) is 5.69 Å². The summed E-state index contributed by atoms with van der Waals surface area (Å²) in [5, 5.41) is 1.92. The summed E-state index contributed by atoms with van der Waals surface area (Å²) in [7, 11) is 0. The quantitative estimate of drug-likeness (QED) is 0.628. The van der Waals surface area contributed by atoms with Gasteiger partial charge in [-0.3, -0.25) is 0 Å². The second-order valence-corrected chi connectivity index (χ2v) is 4.89. The Balaban J connectivity index is 2.43. The third-order valence-electron chi connectivity index (χ3n) is 2.57. The fourth-order valence-corrected chi connectivity index (χ4v) is 2.32. The Labute approximate surface area is 116 Å². The van der Waals surface area contributed by atoms with Gasteiger partial charge in [-0.15, -0.1) is 11.3 Å². The highest BCUT2D eigenvalue weighted by Crippen LogP contribution is 2.21. The molecule has 0 spiro atoms. The van der Waals surface area contributed by atoms with Gasteiger partial charge in [0.25, 0.3) is 0 Å². The van der Waals surface area contributed by atoms with Crippen molar-refractivity contribution in [3.8, 4) is 0 Å². The summed E-state index contributed by atoms with van der Waals surface area (Å²) in [6, 6.07) is 11.5. The van der Waals surface area contributed by atoms with Gasteiger partial charge in [0.1, 0.15) is 0 Å². The van der Waals surface area contributed by atoms with Crippen LogP contribution in [0.5, 0.6) is 0 Å². The molecule has 19 heavy (non-hydrogen) atoms. The molecule has 0 amide bonds. The van der Waals surface area contributed by atoms with E-state index in [4.69, 9.17) is 4.74 Å². The van der Waals surface area contributed by atoms with Crippen molar-refractivity contribution in [2.24, 2.45) is 4.99 Å². The monoisotopic (exact) mass is 273 g/mol. The van der Waals surface area contributed by atoms with Crippen molar-refractivity contribution in [1.29, 1.82) is 0 Å². The van der Waals surface area contributed by atoms with Crippen molar-refractivity contribution in [3.63, 3.8) is 0 Å². The van der Waals surface area contributed by atoms with Gasteiger partial charge in [-0.25, -0.2) is 9.79 Å². The third kappa shape index (κ3) is 3.29. The number of benzene rings is 1. The van der Waals surface area contributed by atoms with E-state index >= 15 is 0 Å². The summed E-state index contributed by atoms with van der Waals surface area (Å²) in [6.45, 7) is 4.10. The van der Waals surface area contributed by atoms with E-state index in [-0.39, 0.29) is 5.97 Å². The van der Waals surface area contributed by atoms with Crippen LogP contribution in [0.1, 0.15) is 17.4 Å². The lowest BCUT2D eigenvalue weighted by atomic mass is 10.2. The van der Waals surface area contributed by atoms with E-state index in [0.717, 1.165) is 16.1 Å². The molecule has 0 unspecified atom stereocenters. The third-order valence-corrected chi connectivity index (χ3v) is 3.45. The molecule has 0 saturated carbocycles. The number of aliphatic imine (C=N–C) groups is 1. The number of hydrogen-bond donors (Lipinski definition) is 0. The van der Waals surface area contributed by atoms with Crippen LogP contribution in [0, 0.1) is 6.92 Å². The molecule has 1 heterocycles. The first-order valence-electron chi connectivity index (χ1n) is 6.07. The number of nitrogens with zero attached hydrogens (tertiary/aromatic N) is 1. The summed E-state index contributed by atoms with van der Waals surface area (Å²) >= 11 is 1.48. The number of carbonyl (C=O) groups excluding carboxylic acids is 1. The first-order chi connectivity index (χ1) is 9.22. The minimum atomic E-state index is -0.381. The number of esters is 1. The molecule has 1 aromatic carbocycles. The van der Waals surface area contributed by atoms with Gasteiger partial charge in [0.2, 0.25) is 0 Å². The minimum absolute atomic E-state index is 0.344. The van der Waals surface area contributed by atoms with Crippen molar-refractivity contribution < 1.29 is 9.53 Å². The Hall–Kier alpha value is -1.94. The van der Waals surface area contributed by atoms with E-state index in [1.807, 2.05) is 48.7 Å². The van der Waals surface area contributed by atoms with Crippen molar-refractivity contribution in [2.45, 2.75) is 13.8 Å². The fraction of sp³-hybridized carbons (Fsp3) is 0.200. The smallest absolute Gasteiger partial charge is 0.358 e. The Morgan fingerprint density at radius 1 is 1.26 bits per heavy atom. The molecule has 0 bridgehead atoms. The summed E-state index contributed by atoms with van der Waals surface area (Å²) in [5.74, 6) is -0.381. The maximum absolute atomic E-state index is 12.0.